The average Bonchev–Trinajstić information content (AvgIpc) is 2.17. The van der Waals surface area contributed by atoms with Crippen molar-refractivity contribution in [3.63, 3.8) is 0 Å². The fourth-order valence-electron chi connectivity index (χ4n) is 2.48. The first-order valence-electron chi connectivity index (χ1n) is 5.97. The van der Waals surface area contributed by atoms with E-state index in [1.54, 1.807) is 0 Å². The van der Waals surface area contributed by atoms with Gasteiger partial charge in [0.05, 0.1) is 0 Å². The molecule has 1 heteroatoms. The van der Waals surface area contributed by atoms with Crippen LogP contribution in [0.1, 0.15) is 58.3 Å². The molecule has 0 aromatic heterocycles. The smallest absolute Gasteiger partial charge is 0.0433 e. The minimum Gasteiger partial charge on any atom is -0.396 e. The molecule has 0 aromatic carbocycles. The second-order valence-electron chi connectivity index (χ2n) is 4.54. The van der Waals surface area contributed by atoms with E-state index in [1.165, 1.54) is 44.9 Å². The van der Waals surface area contributed by atoms with Gasteiger partial charge in [-0.15, -0.1) is 0 Å². The molecule has 0 amide bonds. The predicted molar refractivity (Wildman–Crippen MR) is 56.7 cm³/mol. The van der Waals surface area contributed by atoms with Gasteiger partial charge in [0.1, 0.15) is 0 Å². The molecule has 0 spiro atoms. The van der Waals surface area contributed by atoms with Crippen LogP contribution in [0.2, 0.25) is 0 Å². The highest BCUT2D eigenvalue weighted by Gasteiger charge is 2.19. The maximum absolute atomic E-state index is 8.83. The summed E-state index contributed by atoms with van der Waals surface area (Å²) in [6.07, 6.45) is 10.8. The van der Waals surface area contributed by atoms with Gasteiger partial charge in [-0.25, -0.2) is 0 Å². The number of rotatable bonds is 5. The Bertz CT molecular complexity index is 114. The number of aliphatic hydroxyl groups excluding tert-OH is 1. The average molecular weight is 184 g/mol. The zero-order valence-corrected chi connectivity index (χ0v) is 8.97. The summed E-state index contributed by atoms with van der Waals surface area (Å²) in [4.78, 5) is 0. The highest BCUT2D eigenvalue weighted by atomic mass is 16.3. The Hall–Kier alpha value is -0.0400. The highest BCUT2D eigenvalue weighted by Crippen LogP contribution is 2.33. The summed E-state index contributed by atoms with van der Waals surface area (Å²) in [6, 6.07) is 0. The largest absolute Gasteiger partial charge is 0.396 e. The summed E-state index contributed by atoms with van der Waals surface area (Å²) in [6.45, 7) is 2.67. The maximum Gasteiger partial charge on any atom is 0.0433 e. The van der Waals surface area contributed by atoms with E-state index in [1.807, 2.05) is 0 Å². The Morgan fingerprint density at radius 1 is 1.00 bits per heavy atom. The van der Waals surface area contributed by atoms with Gasteiger partial charge in [-0.05, 0) is 18.3 Å². The van der Waals surface area contributed by atoms with E-state index in [9.17, 15) is 0 Å². The fraction of sp³-hybridized carbons (Fsp3) is 1.00. The molecule has 0 saturated heterocycles. The minimum atomic E-state index is 0.393. The van der Waals surface area contributed by atoms with Crippen LogP contribution in [0.15, 0.2) is 0 Å². The molecule has 1 rings (SSSR count). The molecule has 1 N–H and O–H groups in total. The molecule has 1 fully saturated rings. The predicted octanol–water partition coefficient (Wildman–Crippen LogP) is 3.37. The van der Waals surface area contributed by atoms with Crippen LogP contribution >= 0.6 is 0 Å². The van der Waals surface area contributed by atoms with Gasteiger partial charge in [0, 0.05) is 6.61 Å². The molecule has 13 heavy (non-hydrogen) atoms. The van der Waals surface area contributed by atoms with E-state index in [-0.39, 0.29) is 0 Å². The van der Waals surface area contributed by atoms with E-state index in [0.717, 1.165) is 18.3 Å². The molecule has 0 atom stereocenters. The first-order valence-corrected chi connectivity index (χ1v) is 5.97. The standard InChI is InChI=1S/C12H24O/c1-2-3-4-11-5-7-12(8-6-11)9-10-13/h11-13H,2-10H2,1H3. The van der Waals surface area contributed by atoms with Crippen molar-refractivity contribution in [2.45, 2.75) is 58.3 Å². The molecule has 0 unspecified atom stereocenters. The zero-order chi connectivity index (χ0) is 9.52. The lowest BCUT2D eigenvalue weighted by molar-refractivity contribution is 0.200. The van der Waals surface area contributed by atoms with E-state index in [0.29, 0.717) is 6.61 Å². The van der Waals surface area contributed by atoms with Gasteiger partial charge in [0.2, 0.25) is 0 Å². The topological polar surface area (TPSA) is 20.2 Å². The molecule has 0 aliphatic heterocycles. The highest BCUT2D eigenvalue weighted by molar-refractivity contribution is 4.72. The number of unbranched alkanes of at least 4 members (excludes halogenated alkanes) is 1. The first-order chi connectivity index (χ1) is 6.36. The van der Waals surface area contributed by atoms with Gasteiger partial charge < -0.3 is 5.11 Å². The third kappa shape index (κ3) is 4.12. The summed E-state index contributed by atoms with van der Waals surface area (Å²) >= 11 is 0. The monoisotopic (exact) mass is 184 g/mol. The lowest BCUT2D eigenvalue weighted by Gasteiger charge is -2.27. The Morgan fingerprint density at radius 2 is 1.54 bits per heavy atom. The van der Waals surface area contributed by atoms with Gasteiger partial charge >= 0.3 is 0 Å². The summed E-state index contributed by atoms with van der Waals surface area (Å²) in [5, 5.41) is 8.83. The molecule has 0 bridgehead atoms. The summed E-state index contributed by atoms with van der Waals surface area (Å²) in [7, 11) is 0. The minimum absolute atomic E-state index is 0.393. The Balaban J connectivity index is 2.08. The number of hydrogen-bond acceptors (Lipinski definition) is 1. The van der Waals surface area contributed by atoms with E-state index in [4.69, 9.17) is 5.11 Å². The van der Waals surface area contributed by atoms with Crippen LogP contribution in [0.5, 0.6) is 0 Å². The van der Waals surface area contributed by atoms with Gasteiger partial charge in [-0.1, -0.05) is 51.9 Å². The molecular formula is C12H24O. The molecular weight excluding hydrogens is 160 g/mol. The van der Waals surface area contributed by atoms with Crippen molar-refractivity contribution in [3.8, 4) is 0 Å². The maximum atomic E-state index is 8.83. The molecule has 1 saturated carbocycles. The van der Waals surface area contributed by atoms with Crippen molar-refractivity contribution in [2.75, 3.05) is 6.61 Å². The Morgan fingerprint density at radius 3 is 2.00 bits per heavy atom. The van der Waals surface area contributed by atoms with E-state index in [2.05, 4.69) is 6.92 Å². The van der Waals surface area contributed by atoms with Gasteiger partial charge in [-0.3, -0.25) is 0 Å². The zero-order valence-electron chi connectivity index (χ0n) is 8.97. The normalized spacial score (nSPS) is 29.1. The second kappa shape index (κ2) is 6.42. The van der Waals surface area contributed by atoms with Crippen molar-refractivity contribution in [3.05, 3.63) is 0 Å². The van der Waals surface area contributed by atoms with Crippen molar-refractivity contribution < 1.29 is 5.11 Å². The molecule has 0 aromatic rings. The van der Waals surface area contributed by atoms with E-state index >= 15 is 0 Å². The molecule has 78 valence electrons. The molecule has 0 radical (unpaired) electrons. The number of aliphatic hydroxyl groups is 1. The molecule has 1 aliphatic rings. The first kappa shape index (κ1) is 11.0. The third-order valence-electron chi connectivity index (χ3n) is 3.47. The molecule has 0 heterocycles. The van der Waals surface area contributed by atoms with Crippen LogP contribution in [-0.2, 0) is 0 Å². The second-order valence-corrected chi connectivity index (χ2v) is 4.54. The Kier molecular flexibility index (Phi) is 5.45. The quantitative estimate of drug-likeness (QED) is 0.694. The lowest BCUT2D eigenvalue weighted by atomic mass is 9.79. The van der Waals surface area contributed by atoms with Crippen LogP contribution < -0.4 is 0 Å². The van der Waals surface area contributed by atoms with Gasteiger partial charge in [-0.2, -0.15) is 0 Å². The Labute approximate surface area is 82.5 Å². The van der Waals surface area contributed by atoms with Gasteiger partial charge in [0.15, 0.2) is 0 Å². The van der Waals surface area contributed by atoms with Gasteiger partial charge in [0.25, 0.3) is 0 Å². The molecule has 1 nitrogen and oxygen atoms in total. The fourth-order valence-corrected chi connectivity index (χ4v) is 2.48. The van der Waals surface area contributed by atoms with Crippen LogP contribution in [0.3, 0.4) is 0 Å². The van der Waals surface area contributed by atoms with E-state index < -0.39 is 0 Å². The SMILES string of the molecule is CCCCC1CCC(CCO)CC1. The van der Waals surface area contributed by atoms with Crippen molar-refractivity contribution in [1.82, 2.24) is 0 Å². The summed E-state index contributed by atoms with van der Waals surface area (Å²) < 4.78 is 0. The van der Waals surface area contributed by atoms with Crippen molar-refractivity contribution in [2.24, 2.45) is 11.8 Å². The summed E-state index contributed by atoms with van der Waals surface area (Å²) in [5.41, 5.74) is 0. The summed E-state index contributed by atoms with van der Waals surface area (Å²) in [5.74, 6) is 1.85. The van der Waals surface area contributed by atoms with Crippen LogP contribution in [-0.4, -0.2) is 11.7 Å². The molecule has 1 aliphatic carbocycles. The van der Waals surface area contributed by atoms with Crippen molar-refractivity contribution in [1.29, 1.82) is 0 Å². The van der Waals surface area contributed by atoms with Crippen LogP contribution in [0.4, 0.5) is 0 Å². The van der Waals surface area contributed by atoms with Crippen LogP contribution in [0.25, 0.3) is 0 Å². The van der Waals surface area contributed by atoms with Crippen LogP contribution in [0, 0.1) is 11.8 Å². The van der Waals surface area contributed by atoms with Crippen molar-refractivity contribution >= 4 is 0 Å². The third-order valence-corrected chi connectivity index (χ3v) is 3.47. The number of hydrogen-bond donors (Lipinski definition) is 1. The lowest BCUT2D eigenvalue weighted by Crippen LogP contribution is -2.15.